The molecule has 19 heavy (non-hydrogen) atoms. The molecule has 1 heterocycles. The van der Waals surface area contributed by atoms with Crippen LogP contribution < -0.4 is 0 Å². The largest absolute Gasteiger partial charge is 0.418 e. The lowest BCUT2D eigenvalue weighted by molar-refractivity contribution is -0.137. The Morgan fingerprint density at radius 1 is 1.00 bits per heavy atom. The van der Waals surface area contributed by atoms with Crippen LogP contribution >= 0.6 is 0 Å². The van der Waals surface area contributed by atoms with Gasteiger partial charge >= 0.3 is 6.18 Å². The molecule has 4 heteroatoms. The molecule has 0 radical (unpaired) electrons. The molecule has 1 saturated carbocycles. The number of nitrogens with zero attached hydrogens (tertiary/aromatic N) is 1. The van der Waals surface area contributed by atoms with Crippen molar-refractivity contribution in [3.05, 3.63) is 53.7 Å². The highest BCUT2D eigenvalue weighted by molar-refractivity contribution is 5.68. The van der Waals surface area contributed by atoms with E-state index in [1.54, 1.807) is 12.1 Å². The molecule has 98 valence electrons. The number of hydrogen-bond donors (Lipinski definition) is 0. The van der Waals surface area contributed by atoms with Crippen molar-refractivity contribution in [2.45, 2.75) is 24.9 Å². The van der Waals surface area contributed by atoms with Gasteiger partial charge in [-0.2, -0.15) is 13.2 Å². The van der Waals surface area contributed by atoms with Gasteiger partial charge in [-0.05, 0) is 36.5 Å². The third kappa shape index (κ3) is 2.35. The summed E-state index contributed by atoms with van der Waals surface area (Å²) in [5, 5.41) is 0. The topological polar surface area (TPSA) is 12.9 Å². The monoisotopic (exact) mass is 263 g/mol. The fourth-order valence-corrected chi connectivity index (χ4v) is 2.31. The van der Waals surface area contributed by atoms with Gasteiger partial charge in [-0.15, -0.1) is 0 Å². The summed E-state index contributed by atoms with van der Waals surface area (Å²) in [6.07, 6.45) is -0.870. The molecule has 0 N–H and O–H groups in total. The Kier molecular flexibility index (Phi) is 2.81. The molecule has 0 aliphatic heterocycles. The molecule has 1 fully saturated rings. The third-order valence-corrected chi connectivity index (χ3v) is 3.35. The quantitative estimate of drug-likeness (QED) is 0.768. The zero-order valence-corrected chi connectivity index (χ0v) is 10.1. The average molecular weight is 263 g/mol. The minimum absolute atomic E-state index is 0.0394. The number of hydrogen-bond acceptors (Lipinski definition) is 1. The minimum atomic E-state index is -4.37. The summed E-state index contributed by atoms with van der Waals surface area (Å²) >= 11 is 0. The second-order valence-corrected chi connectivity index (χ2v) is 4.76. The van der Waals surface area contributed by atoms with Crippen molar-refractivity contribution < 1.29 is 13.2 Å². The highest BCUT2D eigenvalue weighted by atomic mass is 19.4. The van der Waals surface area contributed by atoms with Gasteiger partial charge in [0.25, 0.3) is 0 Å². The predicted molar refractivity (Wildman–Crippen MR) is 66.7 cm³/mol. The molecular formula is C15H12F3N. The van der Waals surface area contributed by atoms with Gasteiger partial charge in [0.15, 0.2) is 0 Å². The van der Waals surface area contributed by atoms with Crippen molar-refractivity contribution in [2.24, 2.45) is 0 Å². The Balaban J connectivity index is 2.17. The first kappa shape index (κ1) is 12.2. The van der Waals surface area contributed by atoms with Crippen LogP contribution in [0.5, 0.6) is 0 Å². The summed E-state index contributed by atoms with van der Waals surface area (Å²) in [6, 6.07) is 9.68. The van der Waals surface area contributed by atoms with Crippen molar-refractivity contribution in [3.8, 4) is 11.3 Å². The van der Waals surface area contributed by atoms with E-state index in [2.05, 4.69) is 4.98 Å². The fourth-order valence-electron chi connectivity index (χ4n) is 2.31. The van der Waals surface area contributed by atoms with Gasteiger partial charge in [0.05, 0.1) is 11.3 Å². The number of benzene rings is 1. The van der Waals surface area contributed by atoms with Gasteiger partial charge in [-0.3, -0.25) is 4.98 Å². The summed E-state index contributed by atoms with van der Waals surface area (Å²) in [4.78, 5) is 3.97. The minimum Gasteiger partial charge on any atom is -0.256 e. The van der Waals surface area contributed by atoms with Gasteiger partial charge in [0.1, 0.15) is 0 Å². The summed E-state index contributed by atoms with van der Waals surface area (Å²) in [6.45, 7) is 0. The van der Waals surface area contributed by atoms with Crippen LogP contribution in [0.4, 0.5) is 13.2 Å². The van der Waals surface area contributed by atoms with E-state index in [0.717, 1.165) is 24.5 Å². The van der Waals surface area contributed by atoms with Crippen molar-refractivity contribution in [3.63, 3.8) is 0 Å². The van der Waals surface area contributed by atoms with Crippen molar-refractivity contribution in [1.29, 1.82) is 0 Å². The molecule has 0 saturated heterocycles. The SMILES string of the molecule is FC(F)(F)c1cccnc1-c1ccccc1C1CC1. The second-order valence-electron chi connectivity index (χ2n) is 4.76. The van der Waals surface area contributed by atoms with Crippen molar-refractivity contribution >= 4 is 0 Å². The molecule has 1 aliphatic rings. The molecule has 1 aliphatic carbocycles. The van der Waals surface area contributed by atoms with E-state index in [0.29, 0.717) is 11.5 Å². The number of rotatable bonds is 2. The molecule has 1 aromatic carbocycles. The van der Waals surface area contributed by atoms with E-state index < -0.39 is 11.7 Å². The Morgan fingerprint density at radius 3 is 2.42 bits per heavy atom. The molecule has 0 unspecified atom stereocenters. The summed E-state index contributed by atoms with van der Waals surface area (Å²) < 4.78 is 39.1. The molecule has 1 nitrogen and oxygen atoms in total. The highest BCUT2D eigenvalue weighted by Crippen LogP contribution is 2.45. The summed E-state index contributed by atoms with van der Waals surface area (Å²) in [5.74, 6) is 0.388. The Bertz CT molecular complexity index is 600. The van der Waals surface area contributed by atoms with E-state index in [-0.39, 0.29) is 5.69 Å². The number of halogens is 3. The Morgan fingerprint density at radius 2 is 1.74 bits per heavy atom. The predicted octanol–water partition coefficient (Wildman–Crippen LogP) is 4.64. The lowest BCUT2D eigenvalue weighted by atomic mass is 9.97. The Labute approximate surface area is 109 Å². The van der Waals surface area contributed by atoms with Crippen LogP contribution in [-0.2, 0) is 6.18 Å². The van der Waals surface area contributed by atoms with E-state index in [1.165, 1.54) is 12.3 Å². The maximum atomic E-state index is 13.0. The standard InChI is InChI=1S/C15H12F3N/c16-15(17,18)13-6-3-9-19-14(13)12-5-2-1-4-11(12)10-7-8-10/h1-6,9-10H,7-8H2. The maximum absolute atomic E-state index is 13.0. The molecule has 0 amide bonds. The summed E-state index contributed by atoms with van der Waals surface area (Å²) in [7, 11) is 0. The maximum Gasteiger partial charge on any atom is 0.418 e. The van der Waals surface area contributed by atoms with Gasteiger partial charge in [-0.1, -0.05) is 24.3 Å². The first-order valence-electron chi connectivity index (χ1n) is 6.19. The van der Waals surface area contributed by atoms with Crippen LogP contribution in [0.1, 0.15) is 29.9 Å². The zero-order chi connectivity index (χ0) is 13.5. The highest BCUT2D eigenvalue weighted by Gasteiger charge is 2.35. The fraction of sp³-hybridized carbons (Fsp3) is 0.267. The number of pyridine rings is 1. The first-order chi connectivity index (χ1) is 9.07. The number of aromatic nitrogens is 1. The van der Waals surface area contributed by atoms with Crippen LogP contribution in [0.2, 0.25) is 0 Å². The van der Waals surface area contributed by atoms with E-state index >= 15 is 0 Å². The van der Waals surface area contributed by atoms with Crippen LogP contribution in [0.15, 0.2) is 42.6 Å². The molecule has 3 rings (SSSR count). The molecule has 0 atom stereocenters. The number of alkyl halides is 3. The smallest absolute Gasteiger partial charge is 0.256 e. The molecule has 0 spiro atoms. The first-order valence-corrected chi connectivity index (χ1v) is 6.19. The van der Waals surface area contributed by atoms with Crippen molar-refractivity contribution in [2.75, 3.05) is 0 Å². The van der Waals surface area contributed by atoms with Crippen LogP contribution in [-0.4, -0.2) is 4.98 Å². The normalized spacial score (nSPS) is 15.5. The van der Waals surface area contributed by atoms with Gasteiger partial charge in [0, 0.05) is 11.8 Å². The summed E-state index contributed by atoms with van der Waals surface area (Å²) in [5.41, 5.74) is 0.963. The van der Waals surface area contributed by atoms with E-state index in [4.69, 9.17) is 0 Å². The lowest BCUT2D eigenvalue weighted by Gasteiger charge is -2.14. The molecule has 1 aromatic heterocycles. The van der Waals surface area contributed by atoms with Crippen molar-refractivity contribution in [1.82, 2.24) is 4.98 Å². The van der Waals surface area contributed by atoms with Crippen LogP contribution in [0.3, 0.4) is 0 Å². The van der Waals surface area contributed by atoms with Gasteiger partial charge in [-0.25, -0.2) is 0 Å². The molecular weight excluding hydrogens is 251 g/mol. The van der Waals surface area contributed by atoms with Gasteiger partial charge in [0.2, 0.25) is 0 Å². The van der Waals surface area contributed by atoms with E-state index in [1.807, 2.05) is 12.1 Å². The molecule has 0 bridgehead atoms. The average Bonchev–Trinajstić information content (AvgIpc) is 3.22. The van der Waals surface area contributed by atoms with Crippen LogP contribution in [0, 0.1) is 0 Å². The van der Waals surface area contributed by atoms with Gasteiger partial charge < -0.3 is 0 Å². The Hall–Kier alpha value is -1.84. The van der Waals surface area contributed by atoms with Crippen LogP contribution in [0.25, 0.3) is 11.3 Å². The lowest BCUT2D eigenvalue weighted by Crippen LogP contribution is -2.08. The molecule has 2 aromatic rings. The van der Waals surface area contributed by atoms with E-state index in [9.17, 15) is 13.2 Å². The zero-order valence-electron chi connectivity index (χ0n) is 10.1. The second kappa shape index (κ2) is 4.37. The third-order valence-electron chi connectivity index (χ3n) is 3.35.